The molecule has 26 heavy (non-hydrogen) atoms. The SMILES string of the molecule is O=C(Nc1ccc(Cl)cc1[N+](=O)[O-])c1ccn(COc2ccccc2)n1. The molecule has 0 bridgehead atoms. The maximum Gasteiger partial charge on any atom is 0.294 e. The Labute approximate surface area is 153 Å². The fraction of sp³-hybridized carbons (Fsp3) is 0.0588. The van der Waals surface area contributed by atoms with Crippen LogP contribution in [0, 0.1) is 10.1 Å². The Hall–Kier alpha value is -3.39. The number of carbonyl (C=O) groups is 1. The van der Waals surface area contributed by atoms with Gasteiger partial charge >= 0.3 is 0 Å². The number of hydrogen-bond acceptors (Lipinski definition) is 5. The van der Waals surface area contributed by atoms with Crippen molar-refractivity contribution >= 4 is 28.9 Å². The second kappa shape index (κ2) is 7.66. The number of rotatable bonds is 6. The van der Waals surface area contributed by atoms with Gasteiger partial charge in [-0.3, -0.25) is 14.9 Å². The number of anilines is 1. The fourth-order valence-electron chi connectivity index (χ4n) is 2.16. The maximum atomic E-state index is 12.3. The van der Waals surface area contributed by atoms with Crippen molar-refractivity contribution in [1.29, 1.82) is 0 Å². The highest BCUT2D eigenvalue weighted by Crippen LogP contribution is 2.28. The Kier molecular flexibility index (Phi) is 5.14. The van der Waals surface area contributed by atoms with Crippen LogP contribution in [-0.4, -0.2) is 20.6 Å². The zero-order chi connectivity index (χ0) is 18.5. The van der Waals surface area contributed by atoms with Gasteiger partial charge < -0.3 is 10.1 Å². The van der Waals surface area contributed by atoms with Gasteiger partial charge in [-0.2, -0.15) is 5.10 Å². The van der Waals surface area contributed by atoms with E-state index in [4.69, 9.17) is 16.3 Å². The van der Waals surface area contributed by atoms with E-state index in [2.05, 4.69) is 10.4 Å². The van der Waals surface area contributed by atoms with E-state index in [1.165, 1.54) is 28.9 Å². The number of amides is 1. The molecule has 3 aromatic rings. The maximum absolute atomic E-state index is 12.3. The summed E-state index contributed by atoms with van der Waals surface area (Å²) in [6.45, 7) is 0.123. The molecule has 1 N–H and O–H groups in total. The van der Waals surface area contributed by atoms with Crippen LogP contribution >= 0.6 is 11.6 Å². The van der Waals surface area contributed by atoms with Crippen molar-refractivity contribution < 1.29 is 14.5 Å². The number of para-hydroxylation sites is 1. The summed E-state index contributed by atoms with van der Waals surface area (Å²) in [4.78, 5) is 22.7. The lowest BCUT2D eigenvalue weighted by molar-refractivity contribution is -0.383. The van der Waals surface area contributed by atoms with Gasteiger partial charge in [0.05, 0.1) is 4.92 Å². The molecule has 0 aliphatic heterocycles. The molecule has 9 heteroatoms. The molecule has 2 aromatic carbocycles. The predicted octanol–water partition coefficient (Wildman–Crippen LogP) is 3.73. The molecular weight excluding hydrogens is 360 g/mol. The van der Waals surface area contributed by atoms with Crippen molar-refractivity contribution in [3.63, 3.8) is 0 Å². The largest absolute Gasteiger partial charge is 0.471 e. The van der Waals surface area contributed by atoms with Crippen molar-refractivity contribution in [3.05, 3.63) is 81.6 Å². The molecule has 0 aliphatic rings. The van der Waals surface area contributed by atoms with Gasteiger partial charge in [-0.05, 0) is 30.3 Å². The van der Waals surface area contributed by atoms with Crippen LogP contribution in [0.1, 0.15) is 10.5 Å². The Morgan fingerprint density at radius 3 is 2.73 bits per heavy atom. The van der Waals surface area contributed by atoms with E-state index in [1.807, 2.05) is 18.2 Å². The first-order valence-corrected chi connectivity index (χ1v) is 7.87. The third-order valence-corrected chi connectivity index (χ3v) is 3.62. The summed E-state index contributed by atoms with van der Waals surface area (Å²) in [5.41, 5.74) is -0.150. The zero-order valence-electron chi connectivity index (χ0n) is 13.3. The van der Waals surface area contributed by atoms with Crippen molar-refractivity contribution in [2.24, 2.45) is 0 Å². The van der Waals surface area contributed by atoms with Gasteiger partial charge in [0.15, 0.2) is 12.4 Å². The summed E-state index contributed by atoms with van der Waals surface area (Å²) in [6, 6.07) is 14.7. The quantitative estimate of drug-likeness (QED) is 0.525. The van der Waals surface area contributed by atoms with E-state index in [9.17, 15) is 14.9 Å². The summed E-state index contributed by atoms with van der Waals surface area (Å²) < 4.78 is 6.97. The molecule has 1 aromatic heterocycles. The molecule has 0 unspecified atom stereocenters. The smallest absolute Gasteiger partial charge is 0.294 e. The number of aromatic nitrogens is 2. The first-order valence-electron chi connectivity index (χ1n) is 7.49. The number of nitrogens with one attached hydrogen (secondary N) is 1. The number of carbonyl (C=O) groups excluding carboxylic acids is 1. The molecule has 0 spiro atoms. The minimum Gasteiger partial charge on any atom is -0.471 e. The average Bonchev–Trinajstić information content (AvgIpc) is 3.11. The zero-order valence-corrected chi connectivity index (χ0v) is 14.1. The lowest BCUT2D eigenvalue weighted by Crippen LogP contribution is -2.15. The van der Waals surface area contributed by atoms with Crippen LogP contribution in [0.2, 0.25) is 5.02 Å². The second-order valence-electron chi connectivity index (χ2n) is 5.20. The number of halogens is 1. The van der Waals surface area contributed by atoms with Gasteiger partial charge in [0.2, 0.25) is 0 Å². The third kappa shape index (κ3) is 4.17. The lowest BCUT2D eigenvalue weighted by Gasteiger charge is -2.06. The second-order valence-corrected chi connectivity index (χ2v) is 5.64. The number of ether oxygens (including phenoxy) is 1. The van der Waals surface area contributed by atoms with Crippen molar-refractivity contribution in [2.75, 3.05) is 5.32 Å². The van der Waals surface area contributed by atoms with Gasteiger partial charge in [0.1, 0.15) is 11.4 Å². The van der Waals surface area contributed by atoms with Crippen molar-refractivity contribution in [1.82, 2.24) is 9.78 Å². The standard InChI is InChI=1S/C17H13ClN4O4/c18-12-6-7-14(16(10-12)22(24)25)19-17(23)15-8-9-21(20-15)11-26-13-4-2-1-3-5-13/h1-10H,11H2,(H,19,23). The minimum atomic E-state index is -0.617. The van der Waals surface area contributed by atoms with Gasteiger partial charge in [-0.1, -0.05) is 29.8 Å². The molecule has 0 atom stereocenters. The molecular formula is C17H13ClN4O4. The van der Waals surface area contributed by atoms with Crippen LogP contribution in [0.4, 0.5) is 11.4 Å². The summed E-state index contributed by atoms with van der Waals surface area (Å²) in [5.74, 6) is 0.0969. The van der Waals surface area contributed by atoms with Crippen LogP contribution in [-0.2, 0) is 6.73 Å². The van der Waals surface area contributed by atoms with Crippen molar-refractivity contribution in [3.8, 4) is 5.75 Å². The van der Waals surface area contributed by atoms with Gasteiger partial charge in [0.25, 0.3) is 11.6 Å². The number of nitro groups is 1. The Bertz CT molecular complexity index is 943. The molecule has 1 heterocycles. The first kappa shape index (κ1) is 17.4. The summed E-state index contributed by atoms with van der Waals surface area (Å²) in [6.07, 6.45) is 1.58. The van der Waals surface area contributed by atoms with E-state index in [0.29, 0.717) is 5.75 Å². The molecule has 1 amide bonds. The highest BCUT2D eigenvalue weighted by molar-refractivity contribution is 6.31. The highest BCUT2D eigenvalue weighted by Gasteiger charge is 2.18. The van der Waals surface area contributed by atoms with E-state index in [1.54, 1.807) is 18.3 Å². The van der Waals surface area contributed by atoms with E-state index >= 15 is 0 Å². The Morgan fingerprint density at radius 2 is 2.00 bits per heavy atom. The molecule has 0 radical (unpaired) electrons. The predicted molar refractivity (Wildman–Crippen MR) is 95.4 cm³/mol. The van der Waals surface area contributed by atoms with E-state index in [-0.39, 0.29) is 28.8 Å². The number of benzene rings is 2. The summed E-state index contributed by atoms with van der Waals surface area (Å²) in [5, 5.41) is 17.8. The van der Waals surface area contributed by atoms with Crippen LogP contribution < -0.4 is 10.1 Å². The van der Waals surface area contributed by atoms with Gasteiger partial charge in [0, 0.05) is 17.3 Å². The number of nitrogens with zero attached hydrogens (tertiary/aromatic N) is 3. The van der Waals surface area contributed by atoms with E-state index in [0.717, 1.165) is 0 Å². The summed E-state index contributed by atoms with van der Waals surface area (Å²) in [7, 11) is 0. The molecule has 0 fully saturated rings. The van der Waals surface area contributed by atoms with Gasteiger partial charge in [-0.25, -0.2) is 4.68 Å². The van der Waals surface area contributed by atoms with E-state index < -0.39 is 10.8 Å². The lowest BCUT2D eigenvalue weighted by atomic mass is 10.2. The molecule has 132 valence electrons. The normalized spacial score (nSPS) is 10.3. The third-order valence-electron chi connectivity index (χ3n) is 3.38. The molecule has 0 saturated carbocycles. The topological polar surface area (TPSA) is 99.3 Å². The van der Waals surface area contributed by atoms with Crippen LogP contribution in [0.25, 0.3) is 0 Å². The van der Waals surface area contributed by atoms with Crippen LogP contribution in [0.15, 0.2) is 60.8 Å². The fourth-order valence-corrected chi connectivity index (χ4v) is 2.33. The summed E-state index contributed by atoms with van der Waals surface area (Å²) >= 11 is 5.76. The Morgan fingerprint density at radius 1 is 1.23 bits per heavy atom. The van der Waals surface area contributed by atoms with Gasteiger partial charge in [-0.15, -0.1) is 0 Å². The van der Waals surface area contributed by atoms with Crippen molar-refractivity contribution in [2.45, 2.75) is 6.73 Å². The Balaban J connectivity index is 1.68. The average molecular weight is 373 g/mol. The number of nitro benzene ring substituents is 1. The minimum absolute atomic E-state index is 0.0412. The molecule has 8 nitrogen and oxygen atoms in total. The molecule has 0 saturated heterocycles. The number of hydrogen-bond donors (Lipinski definition) is 1. The monoisotopic (exact) mass is 372 g/mol. The first-order chi connectivity index (χ1) is 12.5. The molecule has 3 rings (SSSR count). The van der Waals surface area contributed by atoms with Crippen LogP contribution in [0.5, 0.6) is 5.75 Å². The molecule has 0 aliphatic carbocycles. The van der Waals surface area contributed by atoms with Crippen LogP contribution in [0.3, 0.4) is 0 Å². The highest BCUT2D eigenvalue weighted by atomic mass is 35.5.